The van der Waals surface area contributed by atoms with Gasteiger partial charge in [0, 0.05) is 15.2 Å². The van der Waals surface area contributed by atoms with Gasteiger partial charge in [-0.15, -0.1) is 0 Å². The minimum Gasteiger partial charge on any atom is -0.360 e. The van der Waals surface area contributed by atoms with Crippen LogP contribution in [0.4, 0.5) is 0 Å². The molecule has 0 saturated heterocycles. The van der Waals surface area contributed by atoms with Crippen molar-refractivity contribution >= 4 is 33.5 Å². The van der Waals surface area contributed by atoms with Gasteiger partial charge in [0.25, 0.3) is 0 Å². The fourth-order valence-corrected chi connectivity index (χ4v) is 2.19. The van der Waals surface area contributed by atoms with E-state index in [1.54, 1.807) is 0 Å². The van der Waals surface area contributed by atoms with E-state index < -0.39 is 0 Å². The van der Waals surface area contributed by atoms with Gasteiger partial charge in [-0.2, -0.15) is 0 Å². The third-order valence-corrected chi connectivity index (χ3v) is 3.09. The van der Waals surface area contributed by atoms with Crippen LogP contribution in [0.1, 0.15) is 11.1 Å². The minimum absolute atomic E-state index is 1.27. The number of halogens is 1. The Morgan fingerprint density at radius 3 is 2.58 bits per heavy atom. The molecule has 0 atom stereocenters. The molecule has 0 unspecified atom stereocenters. The smallest absolute Gasteiger partial charge is 0.0595 e. The zero-order valence-corrected chi connectivity index (χ0v) is 9.27. The van der Waals surface area contributed by atoms with Gasteiger partial charge in [0.1, 0.15) is 0 Å². The predicted molar refractivity (Wildman–Crippen MR) is 60.5 cm³/mol. The molecule has 2 aromatic rings. The molecule has 0 bridgehead atoms. The summed E-state index contributed by atoms with van der Waals surface area (Å²) in [6.07, 6.45) is 2.07. The standard InChI is InChI=1S/C10H10IN/c1-6-3-4-8(11)10-9(6)7(2)5-12-10/h3-5,12H,1-2H3. The maximum atomic E-state index is 3.29. The van der Waals surface area contributed by atoms with Crippen molar-refractivity contribution in [3.63, 3.8) is 0 Å². The van der Waals surface area contributed by atoms with Crippen molar-refractivity contribution in [3.8, 4) is 0 Å². The third kappa shape index (κ3) is 1.05. The van der Waals surface area contributed by atoms with E-state index in [9.17, 15) is 0 Å². The van der Waals surface area contributed by atoms with Gasteiger partial charge >= 0.3 is 0 Å². The molecule has 0 aliphatic rings. The van der Waals surface area contributed by atoms with E-state index >= 15 is 0 Å². The first-order chi connectivity index (χ1) is 5.70. The van der Waals surface area contributed by atoms with Gasteiger partial charge in [-0.1, -0.05) is 6.07 Å². The van der Waals surface area contributed by atoms with Crippen LogP contribution in [0.3, 0.4) is 0 Å². The Bertz CT molecular complexity index is 429. The summed E-state index contributed by atoms with van der Waals surface area (Å²) >= 11 is 2.36. The van der Waals surface area contributed by atoms with E-state index in [0.717, 1.165) is 0 Å². The lowest BCUT2D eigenvalue weighted by atomic mass is 10.1. The number of aryl methyl sites for hydroxylation is 2. The largest absolute Gasteiger partial charge is 0.360 e. The highest BCUT2D eigenvalue weighted by Gasteiger charge is 2.04. The number of rotatable bonds is 0. The van der Waals surface area contributed by atoms with E-state index in [2.05, 4.69) is 59.8 Å². The highest BCUT2D eigenvalue weighted by Crippen LogP contribution is 2.25. The highest BCUT2D eigenvalue weighted by molar-refractivity contribution is 14.1. The van der Waals surface area contributed by atoms with Crippen molar-refractivity contribution in [1.29, 1.82) is 0 Å². The monoisotopic (exact) mass is 271 g/mol. The van der Waals surface area contributed by atoms with E-state index in [-0.39, 0.29) is 0 Å². The van der Waals surface area contributed by atoms with E-state index in [0.29, 0.717) is 0 Å². The number of hydrogen-bond donors (Lipinski definition) is 1. The summed E-state index contributed by atoms with van der Waals surface area (Å²) in [7, 11) is 0. The average molecular weight is 271 g/mol. The fraction of sp³-hybridized carbons (Fsp3) is 0.200. The van der Waals surface area contributed by atoms with Crippen molar-refractivity contribution in [2.45, 2.75) is 13.8 Å². The Morgan fingerprint density at radius 2 is 1.92 bits per heavy atom. The van der Waals surface area contributed by atoms with Gasteiger partial charge in [0.2, 0.25) is 0 Å². The molecule has 2 rings (SSSR count). The molecule has 0 radical (unpaired) electrons. The van der Waals surface area contributed by atoms with Crippen LogP contribution in [0.25, 0.3) is 10.9 Å². The zero-order valence-electron chi connectivity index (χ0n) is 7.11. The Labute approximate surface area is 85.3 Å². The van der Waals surface area contributed by atoms with Crippen LogP contribution < -0.4 is 0 Å². The van der Waals surface area contributed by atoms with Crippen molar-refractivity contribution < 1.29 is 0 Å². The Kier molecular flexibility index (Phi) is 1.87. The lowest BCUT2D eigenvalue weighted by Gasteiger charge is -1.99. The molecule has 2 heteroatoms. The van der Waals surface area contributed by atoms with Crippen LogP contribution >= 0.6 is 22.6 Å². The lowest BCUT2D eigenvalue weighted by molar-refractivity contribution is 1.42. The Balaban J connectivity index is 2.98. The average Bonchev–Trinajstić information content (AvgIpc) is 2.42. The second kappa shape index (κ2) is 2.76. The highest BCUT2D eigenvalue weighted by atomic mass is 127. The molecule has 62 valence electrons. The van der Waals surface area contributed by atoms with Crippen LogP contribution in [0.2, 0.25) is 0 Å². The van der Waals surface area contributed by atoms with Crippen molar-refractivity contribution in [2.75, 3.05) is 0 Å². The quantitative estimate of drug-likeness (QED) is 0.707. The summed E-state index contributed by atoms with van der Waals surface area (Å²) in [6, 6.07) is 4.32. The molecule has 12 heavy (non-hydrogen) atoms. The van der Waals surface area contributed by atoms with Gasteiger partial charge in [-0.3, -0.25) is 0 Å². The van der Waals surface area contributed by atoms with Crippen LogP contribution in [0, 0.1) is 17.4 Å². The number of hydrogen-bond acceptors (Lipinski definition) is 0. The van der Waals surface area contributed by atoms with Gasteiger partial charge < -0.3 is 4.98 Å². The van der Waals surface area contributed by atoms with Gasteiger partial charge in [0.05, 0.1) is 5.52 Å². The molecular formula is C10H10IN. The first-order valence-corrected chi connectivity index (χ1v) is 5.01. The lowest BCUT2D eigenvalue weighted by Crippen LogP contribution is -1.79. The summed E-state index contributed by atoms with van der Waals surface area (Å²) in [6.45, 7) is 4.29. The molecule has 0 amide bonds. The second-order valence-electron chi connectivity index (χ2n) is 3.09. The molecule has 0 spiro atoms. The van der Waals surface area contributed by atoms with Gasteiger partial charge in [-0.25, -0.2) is 0 Å². The number of aromatic nitrogens is 1. The Morgan fingerprint density at radius 1 is 1.17 bits per heavy atom. The number of fused-ring (bicyclic) bond motifs is 1. The number of benzene rings is 1. The molecule has 1 aromatic heterocycles. The molecular weight excluding hydrogens is 261 g/mol. The van der Waals surface area contributed by atoms with E-state index in [1.807, 2.05) is 0 Å². The van der Waals surface area contributed by atoms with Crippen molar-refractivity contribution in [2.24, 2.45) is 0 Å². The number of nitrogens with one attached hydrogen (secondary N) is 1. The second-order valence-corrected chi connectivity index (χ2v) is 4.25. The van der Waals surface area contributed by atoms with Crippen LogP contribution in [-0.2, 0) is 0 Å². The third-order valence-electron chi connectivity index (χ3n) is 2.19. The van der Waals surface area contributed by atoms with Crippen LogP contribution in [-0.4, -0.2) is 4.98 Å². The summed E-state index contributed by atoms with van der Waals surface area (Å²) in [5, 5.41) is 1.38. The molecule has 1 heterocycles. The van der Waals surface area contributed by atoms with Gasteiger partial charge in [0.15, 0.2) is 0 Å². The molecule has 0 aliphatic heterocycles. The zero-order chi connectivity index (χ0) is 8.72. The van der Waals surface area contributed by atoms with Crippen molar-refractivity contribution in [1.82, 2.24) is 4.98 Å². The minimum atomic E-state index is 1.27. The van der Waals surface area contributed by atoms with Gasteiger partial charge in [-0.05, 0) is 53.6 Å². The Hall–Kier alpha value is -0.510. The first kappa shape index (κ1) is 8.10. The number of H-pyrrole nitrogens is 1. The molecule has 0 fully saturated rings. The summed E-state index contributed by atoms with van der Waals surface area (Å²) in [5.74, 6) is 0. The van der Waals surface area contributed by atoms with E-state index in [4.69, 9.17) is 0 Å². The van der Waals surface area contributed by atoms with E-state index in [1.165, 1.54) is 25.6 Å². The number of aromatic amines is 1. The molecule has 1 N–H and O–H groups in total. The normalized spacial score (nSPS) is 10.9. The SMILES string of the molecule is Cc1ccc(I)c2[nH]cc(C)c12. The summed E-state index contributed by atoms with van der Waals surface area (Å²) in [4.78, 5) is 3.29. The molecule has 0 aliphatic carbocycles. The topological polar surface area (TPSA) is 15.8 Å². The first-order valence-electron chi connectivity index (χ1n) is 3.93. The van der Waals surface area contributed by atoms with Crippen LogP contribution in [0.5, 0.6) is 0 Å². The predicted octanol–water partition coefficient (Wildman–Crippen LogP) is 3.39. The van der Waals surface area contributed by atoms with Crippen molar-refractivity contribution in [3.05, 3.63) is 33.0 Å². The maximum Gasteiger partial charge on any atom is 0.0595 e. The maximum absolute atomic E-state index is 3.29. The molecule has 1 aromatic carbocycles. The molecule has 1 nitrogen and oxygen atoms in total. The summed E-state index contributed by atoms with van der Waals surface area (Å²) in [5.41, 5.74) is 3.96. The summed E-state index contributed by atoms with van der Waals surface area (Å²) < 4.78 is 1.29. The fourth-order valence-electron chi connectivity index (χ4n) is 1.58. The molecule has 0 saturated carbocycles. The van der Waals surface area contributed by atoms with Crippen LogP contribution in [0.15, 0.2) is 18.3 Å².